The molecule has 0 bridgehead atoms. The number of amides is 1. The second kappa shape index (κ2) is 4.67. The highest BCUT2D eigenvalue weighted by Gasteiger charge is 2.25. The van der Waals surface area contributed by atoms with Crippen LogP contribution in [0.5, 0.6) is 0 Å². The van der Waals surface area contributed by atoms with Crippen molar-refractivity contribution in [2.45, 2.75) is 13.1 Å². The zero-order chi connectivity index (χ0) is 13.4. The third-order valence-corrected chi connectivity index (χ3v) is 3.52. The maximum absolute atomic E-state index is 13.7. The van der Waals surface area contributed by atoms with Crippen molar-refractivity contribution in [1.82, 2.24) is 4.90 Å². The van der Waals surface area contributed by atoms with Gasteiger partial charge in [-0.15, -0.1) is 0 Å². The summed E-state index contributed by atoms with van der Waals surface area (Å²) in [5, 5.41) is 0.362. The SMILES string of the molecule is O=C(c1cc(Cl)ccc1F)N1Cc2ccccc2C1. The lowest BCUT2D eigenvalue weighted by atomic mass is 10.1. The Morgan fingerprint density at radius 1 is 1.11 bits per heavy atom. The second-order valence-electron chi connectivity index (χ2n) is 4.55. The van der Waals surface area contributed by atoms with Crippen LogP contribution in [-0.2, 0) is 13.1 Å². The molecule has 2 aromatic rings. The highest BCUT2D eigenvalue weighted by atomic mass is 35.5. The maximum atomic E-state index is 13.7. The van der Waals surface area contributed by atoms with E-state index in [4.69, 9.17) is 11.6 Å². The van der Waals surface area contributed by atoms with E-state index in [2.05, 4.69) is 0 Å². The average molecular weight is 276 g/mol. The average Bonchev–Trinajstić information content (AvgIpc) is 2.84. The third-order valence-electron chi connectivity index (χ3n) is 3.29. The normalized spacial score (nSPS) is 13.5. The van der Waals surface area contributed by atoms with E-state index in [9.17, 15) is 9.18 Å². The van der Waals surface area contributed by atoms with Gasteiger partial charge in [-0.1, -0.05) is 35.9 Å². The minimum absolute atomic E-state index is 0.0281. The number of halogens is 2. The minimum atomic E-state index is -0.537. The Bertz CT molecular complexity index is 631. The monoisotopic (exact) mass is 275 g/mol. The predicted octanol–water partition coefficient (Wildman–Crippen LogP) is 3.64. The molecule has 1 aliphatic rings. The molecule has 0 saturated heterocycles. The van der Waals surface area contributed by atoms with Crippen LogP contribution in [0.2, 0.25) is 5.02 Å². The van der Waals surface area contributed by atoms with Gasteiger partial charge < -0.3 is 4.90 Å². The molecule has 1 aliphatic heterocycles. The van der Waals surface area contributed by atoms with Gasteiger partial charge in [-0.2, -0.15) is 0 Å². The highest BCUT2D eigenvalue weighted by Crippen LogP contribution is 2.25. The van der Waals surface area contributed by atoms with Crippen molar-refractivity contribution in [1.29, 1.82) is 0 Å². The molecule has 0 aliphatic carbocycles. The van der Waals surface area contributed by atoms with Crippen molar-refractivity contribution in [3.8, 4) is 0 Å². The van der Waals surface area contributed by atoms with Gasteiger partial charge in [-0.3, -0.25) is 4.79 Å². The molecule has 0 fully saturated rings. The van der Waals surface area contributed by atoms with Crippen LogP contribution in [0.1, 0.15) is 21.5 Å². The summed E-state index contributed by atoms with van der Waals surface area (Å²) in [6.07, 6.45) is 0. The van der Waals surface area contributed by atoms with Crippen molar-refractivity contribution in [2.24, 2.45) is 0 Å². The summed E-state index contributed by atoms with van der Waals surface area (Å²) < 4.78 is 13.7. The van der Waals surface area contributed by atoms with Crippen LogP contribution in [0.4, 0.5) is 4.39 Å². The molecule has 0 saturated carbocycles. The van der Waals surface area contributed by atoms with Gasteiger partial charge in [-0.25, -0.2) is 4.39 Å². The van der Waals surface area contributed by atoms with Gasteiger partial charge in [0.05, 0.1) is 5.56 Å². The third kappa shape index (κ3) is 2.22. The van der Waals surface area contributed by atoms with Gasteiger partial charge in [-0.05, 0) is 29.3 Å². The van der Waals surface area contributed by atoms with Crippen LogP contribution in [0.15, 0.2) is 42.5 Å². The largest absolute Gasteiger partial charge is 0.330 e. The van der Waals surface area contributed by atoms with E-state index in [1.54, 1.807) is 4.90 Å². The Balaban J connectivity index is 1.89. The number of hydrogen-bond acceptors (Lipinski definition) is 1. The van der Waals surface area contributed by atoms with E-state index in [0.29, 0.717) is 18.1 Å². The number of nitrogens with zero attached hydrogens (tertiary/aromatic N) is 1. The van der Waals surface area contributed by atoms with Gasteiger partial charge in [0, 0.05) is 18.1 Å². The first-order chi connectivity index (χ1) is 9.15. The lowest BCUT2D eigenvalue weighted by molar-refractivity contribution is 0.0746. The lowest BCUT2D eigenvalue weighted by Gasteiger charge is -2.16. The van der Waals surface area contributed by atoms with E-state index < -0.39 is 5.82 Å². The molecule has 0 atom stereocenters. The van der Waals surface area contributed by atoms with Crippen molar-refractivity contribution < 1.29 is 9.18 Å². The topological polar surface area (TPSA) is 20.3 Å². The molecular formula is C15H11ClFNO. The van der Waals surface area contributed by atoms with Crippen LogP contribution < -0.4 is 0 Å². The summed E-state index contributed by atoms with van der Waals surface area (Å²) in [6, 6.07) is 11.9. The smallest absolute Gasteiger partial charge is 0.257 e. The molecule has 0 N–H and O–H groups in total. The van der Waals surface area contributed by atoms with E-state index in [0.717, 1.165) is 11.1 Å². The zero-order valence-corrected chi connectivity index (χ0v) is 10.8. The fourth-order valence-electron chi connectivity index (χ4n) is 2.31. The van der Waals surface area contributed by atoms with Crippen molar-refractivity contribution in [3.05, 3.63) is 70.0 Å². The van der Waals surface area contributed by atoms with Crippen LogP contribution >= 0.6 is 11.6 Å². The molecule has 4 heteroatoms. The fourth-order valence-corrected chi connectivity index (χ4v) is 2.48. The molecule has 96 valence electrons. The van der Waals surface area contributed by atoms with Crippen LogP contribution in [-0.4, -0.2) is 10.8 Å². The molecule has 0 aromatic heterocycles. The number of carbonyl (C=O) groups excluding carboxylic acids is 1. The van der Waals surface area contributed by atoms with E-state index in [1.807, 2.05) is 24.3 Å². The van der Waals surface area contributed by atoms with Crippen molar-refractivity contribution >= 4 is 17.5 Å². The summed E-state index contributed by atoms with van der Waals surface area (Å²) in [7, 11) is 0. The lowest BCUT2D eigenvalue weighted by Crippen LogP contribution is -2.26. The predicted molar refractivity (Wildman–Crippen MR) is 71.4 cm³/mol. The van der Waals surface area contributed by atoms with Crippen LogP contribution in [0.3, 0.4) is 0 Å². The number of carbonyl (C=O) groups is 1. The van der Waals surface area contributed by atoms with E-state index in [1.165, 1.54) is 18.2 Å². The second-order valence-corrected chi connectivity index (χ2v) is 4.99. The van der Waals surface area contributed by atoms with E-state index >= 15 is 0 Å². The molecule has 0 unspecified atom stereocenters. The van der Waals surface area contributed by atoms with Crippen LogP contribution in [0, 0.1) is 5.82 Å². The molecule has 0 radical (unpaired) electrons. The maximum Gasteiger partial charge on any atom is 0.257 e. The molecule has 3 rings (SSSR count). The number of fused-ring (bicyclic) bond motifs is 1. The Hall–Kier alpha value is -1.87. The fraction of sp³-hybridized carbons (Fsp3) is 0.133. The first-order valence-corrected chi connectivity index (χ1v) is 6.34. The van der Waals surface area contributed by atoms with Gasteiger partial charge in [0.25, 0.3) is 5.91 Å². The summed E-state index contributed by atoms with van der Waals surface area (Å²) in [6.45, 7) is 1.03. The number of benzene rings is 2. The Kier molecular flexibility index (Phi) is 2.99. The molecule has 0 spiro atoms. The van der Waals surface area contributed by atoms with Crippen molar-refractivity contribution in [3.63, 3.8) is 0 Å². The highest BCUT2D eigenvalue weighted by molar-refractivity contribution is 6.31. The van der Waals surface area contributed by atoms with Gasteiger partial charge in [0.2, 0.25) is 0 Å². The summed E-state index contributed by atoms with van der Waals surface area (Å²) in [5.74, 6) is -0.860. The minimum Gasteiger partial charge on any atom is -0.330 e. The molecule has 2 aromatic carbocycles. The number of hydrogen-bond donors (Lipinski definition) is 0. The first-order valence-electron chi connectivity index (χ1n) is 5.96. The van der Waals surface area contributed by atoms with Crippen LogP contribution in [0.25, 0.3) is 0 Å². The molecule has 1 amide bonds. The molecule has 1 heterocycles. The first kappa shape index (κ1) is 12.2. The Morgan fingerprint density at radius 3 is 2.37 bits per heavy atom. The molecule has 2 nitrogen and oxygen atoms in total. The summed E-state index contributed by atoms with van der Waals surface area (Å²) in [4.78, 5) is 13.9. The van der Waals surface area contributed by atoms with Gasteiger partial charge in [0.15, 0.2) is 0 Å². The number of rotatable bonds is 1. The van der Waals surface area contributed by atoms with Gasteiger partial charge in [0.1, 0.15) is 5.82 Å². The van der Waals surface area contributed by atoms with Crippen molar-refractivity contribution in [2.75, 3.05) is 0 Å². The Labute approximate surface area is 115 Å². The zero-order valence-electron chi connectivity index (χ0n) is 10.1. The molecule has 19 heavy (non-hydrogen) atoms. The standard InChI is InChI=1S/C15H11ClFNO/c16-12-5-6-14(17)13(7-12)15(19)18-8-10-3-1-2-4-11(10)9-18/h1-7H,8-9H2. The summed E-state index contributed by atoms with van der Waals surface area (Å²) >= 11 is 5.82. The Morgan fingerprint density at radius 2 is 1.74 bits per heavy atom. The molecular weight excluding hydrogens is 265 g/mol. The quantitative estimate of drug-likeness (QED) is 0.778. The van der Waals surface area contributed by atoms with E-state index in [-0.39, 0.29) is 11.5 Å². The summed E-state index contributed by atoms with van der Waals surface area (Å²) in [5.41, 5.74) is 2.25. The van der Waals surface area contributed by atoms with Gasteiger partial charge >= 0.3 is 0 Å².